The van der Waals surface area contributed by atoms with Gasteiger partial charge < -0.3 is 14.7 Å². The minimum atomic E-state index is -1.89. The van der Waals surface area contributed by atoms with Gasteiger partial charge in [-0.05, 0) is 6.07 Å². The Kier molecular flexibility index (Phi) is 3.64. The van der Waals surface area contributed by atoms with Gasteiger partial charge in [-0.2, -0.15) is 0 Å². The van der Waals surface area contributed by atoms with Crippen LogP contribution in [0, 0.1) is 5.92 Å². The van der Waals surface area contributed by atoms with Crippen molar-refractivity contribution in [3.63, 3.8) is 0 Å². The third-order valence-corrected chi connectivity index (χ3v) is 4.10. The molecule has 2 atom stereocenters. The monoisotopic (exact) mass is 327 g/mol. The quantitative estimate of drug-likeness (QED) is 0.665. The summed E-state index contributed by atoms with van der Waals surface area (Å²) in [6.45, 7) is 0. The van der Waals surface area contributed by atoms with Gasteiger partial charge in [-0.1, -0.05) is 34.1 Å². The zero-order chi connectivity index (χ0) is 14.2. The number of nitrogens with zero attached hydrogens (tertiary/aromatic N) is 1. The van der Waals surface area contributed by atoms with Gasteiger partial charge in [-0.25, -0.2) is 0 Å². The molecular weight excluding hydrogens is 314 g/mol. The number of methoxy groups -OCH3 is 1. The number of amides is 1. The van der Waals surface area contributed by atoms with E-state index in [1.807, 2.05) is 0 Å². The van der Waals surface area contributed by atoms with E-state index in [2.05, 4.69) is 20.7 Å². The van der Waals surface area contributed by atoms with Crippen LogP contribution in [0.25, 0.3) is 0 Å². The first kappa shape index (κ1) is 14.0. The number of alkyl halides is 1. The lowest BCUT2D eigenvalue weighted by Crippen LogP contribution is -2.48. The average Bonchev–Trinajstić information content (AvgIpc) is 2.63. The minimum absolute atomic E-state index is 0.129. The summed E-state index contributed by atoms with van der Waals surface area (Å²) in [5.41, 5.74) is -0.857. The molecule has 2 rings (SSSR count). The third-order valence-electron chi connectivity index (χ3n) is 3.45. The number of halogens is 1. The number of aliphatic hydroxyl groups is 1. The summed E-state index contributed by atoms with van der Waals surface area (Å²) in [5.74, 6) is -2.14. The molecule has 0 fully saturated rings. The fraction of sp³-hybridized carbons (Fsp3) is 0.385. The van der Waals surface area contributed by atoms with Gasteiger partial charge in [0, 0.05) is 17.9 Å². The van der Waals surface area contributed by atoms with Gasteiger partial charge in [0.25, 0.3) is 5.91 Å². The van der Waals surface area contributed by atoms with Gasteiger partial charge >= 0.3 is 5.97 Å². The molecule has 1 aromatic carbocycles. The molecule has 0 saturated carbocycles. The predicted octanol–water partition coefficient (Wildman–Crippen LogP) is 1.03. The van der Waals surface area contributed by atoms with E-state index in [1.165, 1.54) is 12.0 Å². The number of rotatable bonds is 3. The third kappa shape index (κ3) is 1.86. The number of fused-ring (bicyclic) bond motifs is 1. The fourth-order valence-electron chi connectivity index (χ4n) is 2.39. The fourth-order valence-corrected chi connectivity index (χ4v) is 3.13. The van der Waals surface area contributed by atoms with Crippen LogP contribution < -0.4 is 4.90 Å². The molecule has 1 aliphatic heterocycles. The number of carbonyl (C=O) groups excluding carboxylic acids is 2. The van der Waals surface area contributed by atoms with Crippen molar-refractivity contribution in [1.82, 2.24) is 0 Å². The molecule has 102 valence electrons. The van der Waals surface area contributed by atoms with E-state index in [9.17, 15) is 14.7 Å². The molecule has 6 heteroatoms. The number of benzene rings is 1. The summed E-state index contributed by atoms with van der Waals surface area (Å²) in [6, 6.07) is 6.87. The van der Waals surface area contributed by atoms with E-state index in [4.69, 9.17) is 0 Å². The SMILES string of the molecule is COC(=O)[C@H](CBr)[C@]1(O)C(=O)N(C)c2ccccc21. The molecule has 1 aliphatic rings. The van der Waals surface area contributed by atoms with E-state index in [-0.39, 0.29) is 5.33 Å². The van der Waals surface area contributed by atoms with Crippen LogP contribution in [-0.4, -0.2) is 36.5 Å². The lowest BCUT2D eigenvalue weighted by atomic mass is 9.83. The van der Waals surface area contributed by atoms with Crippen LogP contribution in [0.2, 0.25) is 0 Å². The summed E-state index contributed by atoms with van der Waals surface area (Å²) in [4.78, 5) is 25.5. The van der Waals surface area contributed by atoms with Crippen LogP contribution in [0.1, 0.15) is 5.56 Å². The zero-order valence-electron chi connectivity index (χ0n) is 10.6. The van der Waals surface area contributed by atoms with Crippen LogP contribution in [-0.2, 0) is 19.9 Å². The summed E-state index contributed by atoms with van der Waals surface area (Å²) >= 11 is 3.17. The highest BCUT2D eigenvalue weighted by atomic mass is 79.9. The number of para-hydroxylation sites is 1. The normalized spacial score (nSPS) is 23.2. The Hall–Kier alpha value is -1.40. The Balaban J connectivity index is 2.59. The van der Waals surface area contributed by atoms with Crippen LogP contribution >= 0.6 is 15.9 Å². The van der Waals surface area contributed by atoms with Gasteiger partial charge in [0.05, 0.1) is 12.8 Å². The summed E-state index contributed by atoms with van der Waals surface area (Å²) in [6.07, 6.45) is 0. The maximum absolute atomic E-state index is 12.4. The molecule has 0 bridgehead atoms. The Labute approximate surface area is 119 Å². The highest BCUT2D eigenvalue weighted by Crippen LogP contribution is 2.44. The van der Waals surface area contributed by atoms with Gasteiger partial charge in [0.1, 0.15) is 5.92 Å². The Morgan fingerprint density at radius 2 is 2.16 bits per heavy atom. The molecule has 1 amide bonds. The van der Waals surface area contributed by atoms with Crippen molar-refractivity contribution in [1.29, 1.82) is 0 Å². The maximum atomic E-state index is 12.4. The molecule has 0 saturated heterocycles. The number of anilines is 1. The topological polar surface area (TPSA) is 66.8 Å². The second kappa shape index (κ2) is 4.94. The molecule has 19 heavy (non-hydrogen) atoms. The molecular formula is C13H14BrNO4. The molecule has 1 N–H and O–H groups in total. The summed E-state index contributed by atoms with van der Waals surface area (Å²) in [5, 5.41) is 11.0. The molecule has 5 nitrogen and oxygen atoms in total. The van der Waals surface area contributed by atoms with E-state index < -0.39 is 23.4 Å². The Morgan fingerprint density at radius 1 is 1.53 bits per heavy atom. The minimum Gasteiger partial charge on any atom is -0.469 e. The molecule has 0 aliphatic carbocycles. The van der Waals surface area contributed by atoms with Gasteiger partial charge in [0.15, 0.2) is 5.60 Å². The first-order chi connectivity index (χ1) is 8.98. The van der Waals surface area contributed by atoms with Crippen molar-refractivity contribution in [3.05, 3.63) is 29.8 Å². The Morgan fingerprint density at radius 3 is 2.74 bits per heavy atom. The first-order valence-electron chi connectivity index (χ1n) is 5.72. The zero-order valence-corrected chi connectivity index (χ0v) is 12.2. The van der Waals surface area contributed by atoms with E-state index in [0.29, 0.717) is 11.3 Å². The standard InChI is InChI=1S/C13H14BrNO4/c1-15-10-6-4-3-5-8(10)13(18,12(15)17)9(7-14)11(16)19-2/h3-6,9,18H,7H2,1-2H3/t9-,13-/m0/s1. The van der Waals surface area contributed by atoms with Crippen LogP contribution in [0.5, 0.6) is 0 Å². The summed E-state index contributed by atoms with van der Waals surface area (Å²) < 4.78 is 4.68. The molecule has 1 aromatic rings. The van der Waals surface area contributed by atoms with Crippen molar-refractivity contribution < 1.29 is 19.4 Å². The molecule has 0 unspecified atom stereocenters. The van der Waals surface area contributed by atoms with Crippen molar-refractivity contribution in [2.45, 2.75) is 5.60 Å². The number of hydrogen-bond donors (Lipinski definition) is 1. The first-order valence-corrected chi connectivity index (χ1v) is 6.84. The molecule has 0 radical (unpaired) electrons. The van der Waals surface area contributed by atoms with Crippen molar-refractivity contribution in [2.75, 3.05) is 24.4 Å². The van der Waals surface area contributed by atoms with Crippen LogP contribution in [0.4, 0.5) is 5.69 Å². The number of esters is 1. The largest absolute Gasteiger partial charge is 0.469 e. The smallest absolute Gasteiger partial charge is 0.313 e. The average molecular weight is 328 g/mol. The number of ether oxygens (including phenoxy) is 1. The van der Waals surface area contributed by atoms with Crippen molar-refractivity contribution >= 4 is 33.5 Å². The van der Waals surface area contributed by atoms with E-state index in [1.54, 1.807) is 31.3 Å². The maximum Gasteiger partial charge on any atom is 0.313 e. The molecule has 0 aromatic heterocycles. The van der Waals surface area contributed by atoms with Crippen molar-refractivity contribution in [3.8, 4) is 0 Å². The lowest BCUT2D eigenvalue weighted by Gasteiger charge is -2.28. The number of carbonyl (C=O) groups is 2. The van der Waals surface area contributed by atoms with Crippen LogP contribution in [0.3, 0.4) is 0 Å². The predicted molar refractivity (Wildman–Crippen MR) is 73.0 cm³/mol. The summed E-state index contributed by atoms with van der Waals surface area (Å²) in [7, 11) is 2.80. The second-order valence-electron chi connectivity index (χ2n) is 4.38. The van der Waals surface area contributed by atoms with Crippen molar-refractivity contribution in [2.24, 2.45) is 5.92 Å². The van der Waals surface area contributed by atoms with Gasteiger partial charge in [-0.3, -0.25) is 9.59 Å². The van der Waals surface area contributed by atoms with E-state index >= 15 is 0 Å². The number of hydrogen-bond acceptors (Lipinski definition) is 4. The second-order valence-corrected chi connectivity index (χ2v) is 5.03. The highest BCUT2D eigenvalue weighted by molar-refractivity contribution is 9.09. The van der Waals surface area contributed by atoms with Crippen LogP contribution in [0.15, 0.2) is 24.3 Å². The van der Waals surface area contributed by atoms with E-state index in [0.717, 1.165) is 0 Å². The molecule has 0 spiro atoms. The number of likely N-dealkylation sites (N-methyl/N-ethyl adjacent to an activating group) is 1. The van der Waals surface area contributed by atoms with Gasteiger partial charge in [0.2, 0.25) is 0 Å². The van der Waals surface area contributed by atoms with Gasteiger partial charge in [-0.15, -0.1) is 0 Å². The lowest BCUT2D eigenvalue weighted by molar-refractivity contribution is -0.161. The highest BCUT2D eigenvalue weighted by Gasteiger charge is 2.56. The molecule has 1 heterocycles. The Bertz CT molecular complexity index is 533.